The van der Waals surface area contributed by atoms with Gasteiger partial charge in [0.15, 0.2) is 5.69 Å². The van der Waals surface area contributed by atoms with E-state index in [9.17, 15) is 9.90 Å². The maximum Gasteiger partial charge on any atom is 0.356 e. The van der Waals surface area contributed by atoms with Crippen molar-refractivity contribution < 1.29 is 14.6 Å². The summed E-state index contributed by atoms with van der Waals surface area (Å²) in [4.78, 5) is 11.4. The van der Waals surface area contributed by atoms with Crippen LogP contribution >= 0.6 is 0 Å². The van der Waals surface area contributed by atoms with E-state index in [1.165, 1.54) is 0 Å². The van der Waals surface area contributed by atoms with Crippen LogP contribution in [0.25, 0.3) is 0 Å². The van der Waals surface area contributed by atoms with E-state index in [4.69, 9.17) is 4.74 Å². The highest BCUT2D eigenvalue weighted by Gasteiger charge is 2.59. The Bertz CT molecular complexity index is 590. The second kappa shape index (κ2) is 4.68. The molecule has 0 radical (unpaired) electrons. The summed E-state index contributed by atoms with van der Waals surface area (Å²) >= 11 is 0. The number of carboxylic acids is 1. The number of hydrogen-bond donors (Lipinski definition) is 1. The molecular weight excluding hydrogens is 284 g/mol. The van der Waals surface area contributed by atoms with Crippen molar-refractivity contribution in [1.82, 2.24) is 9.78 Å². The van der Waals surface area contributed by atoms with Gasteiger partial charge >= 0.3 is 5.97 Å². The van der Waals surface area contributed by atoms with E-state index < -0.39 is 14.0 Å². The van der Waals surface area contributed by atoms with Gasteiger partial charge in [-0.25, -0.2) is 9.48 Å². The lowest BCUT2D eigenvalue weighted by molar-refractivity contribution is 0.0666. The Morgan fingerprint density at radius 1 is 1.52 bits per heavy atom. The molecule has 2 unspecified atom stereocenters. The number of hydrogen-bond acceptors (Lipinski definition) is 3. The zero-order chi connectivity index (χ0) is 15.4. The van der Waals surface area contributed by atoms with E-state index in [2.05, 4.69) is 31.7 Å². The highest BCUT2D eigenvalue weighted by Crippen LogP contribution is 2.67. The molecule has 0 aliphatic heterocycles. The van der Waals surface area contributed by atoms with Gasteiger partial charge in [0.05, 0.1) is 0 Å². The van der Waals surface area contributed by atoms with Gasteiger partial charge in [0.2, 0.25) is 0 Å². The van der Waals surface area contributed by atoms with Gasteiger partial charge in [0.25, 0.3) is 0 Å². The number of rotatable bonds is 6. The molecule has 0 amide bonds. The van der Waals surface area contributed by atoms with Gasteiger partial charge in [-0.3, -0.25) is 0 Å². The van der Waals surface area contributed by atoms with Crippen molar-refractivity contribution in [3.05, 3.63) is 17.0 Å². The summed E-state index contributed by atoms with van der Waals surface area (Å²) in [6, 6.07) is 1.11. The zero-order valence-electron chi connectivity index (χ0n) is 13.3. The molecule has 0 spiro atoms. The first-order chi connectivity index (χ1) is 9.71. The predicted octanol–water partition coefficient (Wildman–Crippen LogP) is 2.94. The summed E-state index contributed by atoms with van der Waals surface area (Å²) in [6.45, 7) is 10.3. The lowest BCUT2D eigenvalue weighted by Gasteiger charge is -2.16. The molecule has 116 valence electrons. The Hall–Kier alpha value is -1.14. The Morgan fingerprint density at radius 3 is 2.86 bits per heavy atom. The fourth-order valence-corrected chi connectivity index (χ4v) is 4.05. The van der Waals surface area contributed by atoms with Crippen LogP contribution < -0.4 is 0 Å². The second-order valence-corrected chi connectivity index (χ2v) is 13.6. The molecule has 1 aromatic heterocycles. The first-order valence-corrected chi connectivity index (χ1v) is 11.3. The number of carbonyl (C=O) groups is 1. The lowest BCUT2D eigenvalue weighted by atomic mass is 10.1. The van der Waals surface area contributed by atoms with Crippen molar-refractivity contribution in [3.63, 3.8) is 0 Å². The summed E-state index contributed by atoms with van der Waals surface area (Å²) in [5, 5.41) is 13.6. The maximum absolute atomic E-state index is 11.4. The quantitative estimate of drug-likeness (QED) is 0.648. The van der Waals surface area contributed by atoms with Gasteiger partial charge in [-0.05, 0) is 30.2 Å². The van der Waals surface area contributed by atoms with Crippen LogP contribution in [-0.4, -0.2) is 35.5 Å². The molecule has 0 bridgehead atoms. The number of carboxylic acid groups (broad SMARTS) is 1. The topological polar surface area (TPSA) is 64.3 Å². The molecule has 2 aliphatic carbocycles. The molecule has 3 rings (SSSR count). The molecule has 21 heavy (non-hydrogen) atoms. The molecule has 5 nitrogen and oxygen atoms in total. The fourth-order valence-electron chi connectivity index (χ4n) is 3.29. The first kappa shape index (κ1) is 14.8. The van der Waals surface area contributed by atoms with Gasteiger partial charge in [0, 0.05) is 25.9 Å². The van der Waals surface area contributed by atoms with Crippen molar-refractivity contribution in [2.24, 2.45) is 5.41 Å². The molecule has 6 heteroatoms. The molecule has 1 heterocycles. The van der Waals surface area contributed by atoms with Gasteiger partial charge in [0.1, 0.15) is 6.73 Å². The average molecular weight is 308 g/mol. The lowest BCUT2D eigenvalue weighted by Crippen LogP contribution is -2.22. The van der Waals surface area contributed by atoms with Crippen molar-refractivity contribution in [3.8, 4) is 0 Å². The SMILES string of the molecule is CC12Cc3c(c(C(=O)O)nn3COCC[Si](C)(C)C)C1C2. The molecule has 2 aliphatic rings. The van der Waals surface area contributed by atoms with Gasteiger partial charge in [-0.1, -0.05) is 26.6 Å². The molecule has 1 fully saturated rings. The molecular formula is C15H24N2O3Si. The summed E-state index contributed by atoms with van der Waals surface area (Å²) in [5.41, 5.74) is 2.57. The Labute approximate surface area is 126 Å². The number of fused-ring (bicyclic) bond motifs is 3. The Morgan fingerprint density at radius 2 is 2.24 bits per heavy atom. The number of aromatic nitrogens is 2. The van der Waals surface area contributed by atoms with E-state index in [0.717, 1.165) is 36.8 Å². The largest absolute Gasteiger partial charge is 0.476 e. The van der Waals surface area contributed by atoms with Crippen LogP contribution in [-0.2, 0) is 17.9 Å². The number of aromatic carboxylic acids is 1. The van der Waals surface area contributed by atoms with Crippen molar-refractivity contribution in [1.29, 1.82) is 0 Å². The molecule has 0 aromatic carbocycles. The van der Waals surface area contributed by atoms with E-state index >= 15 is 0 Å². The second-order valence-electron chi connectivity index (χ2n) is 7.95. The van der Waals surface area contributed by atoms with Crippen molar-refractivity contribution in [2.45, 2.75) is 58.1 Å². The Kier molecular flexibility index (Phi) is 3.29. The van der Waals surface area contributed by atoms with E-state index in [0.29, 0.717) is 12.6 Å². The third-order valence-corrected chi connectivity index (χ3v) is 6.49. The third-order valence-electron chi connectivity index (χ3n) is 4.78. The predicted molar refractivity (Wildman–Crippen MR) is 82.5 cm³/mol. The molecule has 1 saturated carbocycles. The van der Waals surface area contributed by atoms with E-state index in [1.807, 2.05) is 0 Å². The van der Waals surface area contributed by atoms with Gasteiger partial charge < -0.3 is 9.84 Å². The summed E-state index contributed by atoms with van der Waals surface area (Å²) in [5.74, 6) is -0.516. The monoisotopic (exact) mass is 308 g/mol. The Balaban J connectivity index is 1.71. The van der Waals surface area contributed by atoms with Crippen LogP contribution in [0.2, 0.25) is 25.7 Å². The molecule has 1 N–H and O–H groups in total. The van der Waals surface area contributed by atoms with Gasteiger partial charge in [-0.2, -0.15) is 5.10 Å². The minimum atomic E-state index is -1.09. The summed E-state index contributed by atoms with van der Waals surface area (Å²) in [6.07, 6.45) is 2.03. The van der Waals surface area contributed by atoms with Crippen LogP contribution in [0.4, 0.5) is 0 Å². The number of nitrogens with zero attached hydrogens (tertiary/aromatic N) is 2. The van der Waals surface area contributed by atoms with Crippen LogP contribution in [0.1, 0.15) is 41.0 Å². The normalized spacial score (nSPS) is 26.6. The van der Waals surface area contributed by atoms with Crippen molar-refractivity contribution >= 4 is 14.0 Å². The highest BCUT2D eigenvalue weighted by atomic mass is 28.3. The average Bonchev–Trinajstić information content (AvgIpc) is 2.74. The highest BCUT2D eigenvalue weighted by molar-refractivity contribution is 6.76. The smallest absolute Gasteiger partial charge is 0.356 e. The summed E-state index contributed by atoms with van der Waals surface area (Å²) < 4.78 is 7.52. The van der Waals surface area contributed by atoms with Crippen LogP contribution in [0.5, 0.6) is 0 Å². The number of ether oxygens (including phenoxy) is 1. The molecule has 1 aromatic rings. The van der Waals surface area contributed by atoms with Crippen LogP contribution in [0, 0.1) is 5.41 Å². The zero-order valence-corrected chi connectivity index (χ0v) is 14.3. The fraction of sp³-hybridized carbons (Fsp3) is 0.733. The van der Waals surface area contributed by atoms with Crippen molar-refractivity contribution in [2.75, 3.05) is 6.61 Å². The van der Waals surface area contributed by atoms with Crippen LogP contribution in [0.3, 0.4) is 0 Å². The van der Waals surface area contributed by atoms with E-state index in [1.54, 1.807) is 4.68 Å². The first-order valence-electron chi connectivity index (χ1n) is 7.62. The maximum atomic E-state index is 11.4. The minimum absolute atomic E-state index is 0.241. The standard InChI is InChI=1S/C15H24N2O3Si/c1-15-7-10(15)12-11(8-15)17(16-13(12)14(18)19)9-20-5-6-21(2,3)4/h10H,5-9H2,1-4H3,(H,18,19). The molecule has 2 atom stereocenters. The van der Waals surface area contributed by atoms with Gasteiger partial charge in [-0.15, -0.1) is 0 Å². The third kappa shape index (κ3) is 2.66. The minimum Gasteiger partial charge on any atom is -0.476 e. The van der Waals surface area contributed by atoms with Crippen LogP contribution in [0.15, 0.2) is 0 Å². The summed E-state index contributed by atoms with van der Waals surface area (Å²) in [7, 11) is -1.09. The van der Waals surface area contributed by atoms with E-state index in [-0.39, 0.29) is 11.1 Å². The molecule has 0 saturated heterocycles.